The van der Waals surface area contributed by atoms with Crippen molar-refractivity contribution < 1.29 is 8.83 Å². The molecule has 0 aliphatic rings. The Balaban J connectivity index is 0.925. The van der Waals surface area contributed by atoms with Crippen LogP contribution in [0.4, 0.5) is 0 Å². The van der Waals surface area contributed by atoms with Gasteiger partial charge in [0.2, 0.25) is 0 Å². The van der Waals surface area contributed by atoms with Crippen LogP contribution in [0, 0.1) is 0 Å². The Bertz CT molecular complexity index is 5030. The molecule has 0 aliphatic carbocycles. The van der Waals surface area contributed by atoms with Gasteiger partial charge in [0.15, 0.2) is 17.5 Å². The first-order chi connectivity index (χ1) is 38.1. The maximum Gasteiger partial charge on any atom is 0.164 e. The van der Waals surface area contributed by atoms with Crippen LogP contribution in [0.25, 0.3) is 160 Å². The van der Waals surface area contributed by atoms with E-state index in [0.717, 1.165) is 105 Å². The molecule has 0 bridgehead atoms. The second-order valence-electron chi connectivity index (χ2n) is 19.9. The van der Waals surface area contributed by atoms with Crippen molar-refractivity contribution in [3.63, 3.8) is 0 Å². The lowest BCUT2D eigenvalue weighted by Crippen LogP contribution is -2.00. The summed E-state index contributed by atoms with van der Waals surface area (Å²) in [7, 11) is 0. The van der Waals surface area contributed by atoms with E-state index in [0.29, 0.717) is 17.5 Å². The SMILES string of the molecule is c1ccc(-c2ccc(-c3nc(-c4ccc5oc6ccccc6c5c4)nc(-c4cccc5oc6cc(-n7c8ccccc8c8cc9ccccc9cc87)c(-c7ccc(-c8ccc9ccccc9c8)cc7)cc6c45)n3)cc2)cc1. The Morgan fingerprint density at radius 3 is 1.65 bits per heavy atom. The number of benzene rings is 12. The van der Waals surface area contributed by atoms with E-state index < -0.39 is 0 Å². The molecule has 0 spiro atoms. The Morgan fingerprint density at radius 2 is 0.831 bits per heavy atom. The van der Waals surface area contributed by atoms with Gasteiger partial charge in [-0.05, 0) is 110 Å². The van der Waals surface area contributed by atoms with Crippen LogP contribution in [-0.4, -0.2) is 19.5 Å². The molecular weight excluding hydrogens is 941 g/mol. The first kappa shape index (κ1) is 43.0. The van der Waals surface area contributed by atoms with Gasteiger partial charge in [-0.3, -0.25) is 0 Å². The van der Waals surface area contributed by atoms with Crippen molar-refractivity contribution in [1.29, 1.82) is 0 Å². The lowest BCUT2D eigenvalue weighted by molar-refractivity contribution is 0.668. The molecule has 0 saturated heterocycles. The number of rotatable bonds is 7. The zero-order chi connectivity index (χ0) is 50.6. The van der Waals surface area contributed by atoms with Crippen LogP contribution >= 0.6 is 0 Å². The molecule has 0 N–H and O–H groups in total. The van der Waals surface area contributed by atoms with Gasteiger partial charge in [0, 0.05) is 60.6 Å². The molecule has 0 saturated carbocycles. The van der Waals surface area contributed by atoms with Gasteiger partial charge >= 0.3 is 0 Å². The van der Waals surface area contributed by atoms with Gasteiger partial charge in [0.05, 0.1) is 16.7 Å². The fraction of sp³-hybridized carbons (Fsp3) is 0. The molecule has 4 aromatic heterocycles. The van der Waals surface area contributed by atoms with E-state index in [9.17, 15) is 0 Å². The maximum absolute atomic E-state index is 7.02. The lowest BCUT2D eigenvalue weighted by atomic mass is 9.95. The number of fused-ring (bicyclic) bond motifs is 11. The van der Waals surface area contributed by atoms with Crippen LogP contribution in [0.1, 0.15) is 0 Å². The summed E-state index contributed by atoms with van der Waals surface area (Å²) in [5.74, 6) is 1.67. The third-order valence-corrected chi connectivity index (χ3v) is 15.4. The van der Waals surface area contributed by atoms with Crippen molar-refractivity contribution in [2.45, 2.75) is 0 Å². The molecule has 16 aromatic rings. The van der Waals surface area contributed by atoms with Gasteiger partial charge in [0.25, 0.3) is 0 Å². The lowest BCUT2D eigenvalue weighted by Gasteiger charge is -2.16. The molecule has 0 amide bonds. The van der Waals surface area contributed by atoms with Gasteiger partial charge in [-0.2, -0.15) is 0 Å². The third kappa shape index (κ3) is 7.07. The molecule has 0 radical (unpaired) electrons. The Morgan fingerprint density at radius 1 is 0.260 bits per heavy atom. The van der Waals surface area contributed by atoms with Crippen molar-refractivity contribution in [3.05, 3.63) is 255 Å². The highest BCUT2D eigenvalue weighted by Crippen LogP contribution is 2.44. The summed E-state index contributed by atoms with van der Waals surface area (Å²) >= 11 is 0. The summed E-state index contributed by atoms with van der Waals surface area (Å²) in [5.41, 5.74) is 15.7. The molecule has 0 unspecified atom stereocenters. The summed E-state index contributed by atoms with van der Waals surface area (Å²) < 4.78 is 15.7. The van der Waals surface area contributed by atoms with E-state index in [-0.39, 0.29) is 0 Å². The van der Waals surface area contributed by atoms with E-state index in [4.69, 9.17) is 23.8 Å². The van der Waals surface area contributed by atoms with Crippen LogP contribution in [-0.2, 0) is 0 Å². The van der Waals surface area contributed by atoms with Crippen LogP contribution in [0.5, 0.6) is 0 Å². The molecule has 16 rings (SSSR count). The summed E-state index contributed by atoms with van der Waals surface area (Å²) in [5, 5.41) is 11.1. The van der Waals surface area contributed by atoms with Crippen molar-refractivity contribution in [2.24, 2.45) is 0 Å². The van der Waals surface area contributed by atoms with Crippen molar-refractivity contribution in [3.8, 4) is 73.2 Å². The molecule has 0 aliphatic heterocycles. The standard InChI is InChI=1S/C71H42N4O2/c1-2-13-43(14-3-1)45-27-32-48(33-28-45)69-72-70(53-35-36-65-59(39-53)55-20-9-11-23-64(55)76-65)74-71(73-69)56-21-12-24-66-68(56)60-41-57(47-30-25-46(26-31-47)52-34-29-44-15-4-5-16-49(44)37-52)63(42-67(60)77-66)75-61-22-10-8-19-54(61)58-38-50-17-6-7-18-51(50)40-62(58)75/h1-42H. The minimum atomic E-state index is 0.544. The average molecular weight is 983 g/mol. The maximum atomic E-state index is 7.02. The predicted octanol–water partition coefficient (Wildman–Crippen LogP) is 19.1. The van der Waals surface area contributed by atoms with Crippen LogP contribution < -0.4 is 0 Å². The van der Waals surface area contributed by atoms with E-state index in [1.54, 1.807) is 0 Å². The fourth-order valence-corrected chi connectivity index (χ4v) is 11.7. The predicted molar refractivity (Wildman–Crippen MR) is 316 cm³/mol. The fourth-order valence-electron chi connectivity index (χ4n) is 11.7. The smallest absolute Gasteiger partial charge is 0.164 e. The first-order valence-corrected chi connectivity index (χ1v) is 26.0. The number of nitrogens with zero attached hydrogens (tertiary/aromatic N) is 4. The van der Waals surface area contributed by atoms with E-state index in [1.807, 2.05) is 48.5 Å². The van der Waals surface area contributed by atoms with Gasteiger partial charge in [-0.25, -0.2) is 15.0 Å². The van der Waals surface area contributed by atoms with Crippen LogP contribution in [0.2, 0.25) is 0 Å². The molecule has 0 atom stereocenters. The number of hydrogen-bond donors (Lipinski definition) is 0. The van der Waals surface area contributed by atoms with Gasteiger partial charge in [-0.1, -0.05) is 188 Å². The molecule has 6 nitrogen and oxygen atoms in total. The quantitative estimate of drug-likeness (QED) is 0.159. The molecule has 358 valence electrons. The van der Waals surface area contributed by atoms with E-state index >= 15 is 0 Å². The zero-order valence-corrected chi connectivity index (χ0v) is 41.4. The molecule has 6 heteroatoms. The minimum absolute atomic E-state index is 0.544. The zero-order valence-electron chi connectivity index (χ0n) is 41.4. The summed E-state index contributed by atoms with van der Waals surface area (Å²) in [6.45, 7) is 0. The van der Waals surface area contributed by atoms with Crippen molar-refractivity contribution >= 4 is 87.2 Å². The monoisotopic (exact) mass is 982 g/mol. The number of hydrogen-bond acceptors (Lipinski definition) is 5. The minimum Gasteiger partial charge on any atom is -0.456 e. The molecule has 12 aromatic carbocycles. The average Bonchev–Trinajstić information content (AvgIpc) is 4.38. The number of para-hydroxylation sites is 2. The van der Waals surface area contributed by atoms with E-state index in [1.165, 1.54) is 37.9 Å². The molecule has 4 heterocycles. The van der Waals surface area contributed by atoms with Crippen molar-refractivity contribution in [2.75, 3.05) is 0 Å². The highest BCUT2D eigenvalue weighted by molar-refractivity contribution is 6.17. The van der Waals surface area contributed by atoms with Gasteiger partial charge < -0.3 is 13.4 Å². The largest absolute Gasteiger partial charge is 0.456 e. The topological polar surface area (TPSA) is 69.9 Å². The van der Waals surface area contributed by atoms with Gasteiger partial charge in [0.1, 0.15) is 22.3 Å². The molecular formula is C71H42N4O2. The summed E-state index contributed by atoms with van der Waals surface area (Å²) in [4.78, 5) is 15.9. The van der Waals surface area contributed by atoms with Crippen molar-refractivity contribution in [1.82, 2.24) is 19.5 Å². The number of aromatic nitrogens is 4. The van der Waals surface area contributed by atoms with Crippen LogP contribution in [0.3, 0.4) is 0 Å². The first-order valence-electron chi connectivity index (χ1n) is 26.0. The van der Waals surface area contributed by atoms with E-state index in [2.05, 4.69) is 211 Å². The summed E-state index contributed by atoms with van der Waals surface area (Å²) in [6.07, 6.45) is 0. The molecule has 77 heavy (non-hydrogen) atoms. The highest BCUT2D eigenvalue weighted by atomic mass is 16.3. The second-order valence-corrected chi connectivity index (χ2v) is 19.9. The summed E-state index contributed by atoms with van der Waals surface area (Å²) in [6, 6.07) is 90.2. The Kier molecular flexibility index (Phi) is 9.53. The van der Waals surface area contributed by atoms with Gasteiger partial charge in [-0.15, -0.1) is 0 Å². The third-order valence-electron chi connectivity index (χ3n) is 15.4. The second kappa shape index (κ2) is 17.1. The number of furan rings is 2. The molecule has 0 fully saturated rings. The highest BCUT2D eigenvalue weighted by Gasteiger charge is 2.23. The Hall–Kier alpha value is -10.4. The normalized spacial score (nSPS) is 11.9. The Labute approximate surface area is 441 Å². The van der Waals surface area contributed by atoms with Crippen LogP contribution in [0.15, 0.2) is 264 Å².